The van der Waals surface area contributed by atoms with E-state index < -0.39 is 6.09 Å². The number of amides is 1. The molecule has 0 aromatic rings. The summed E-state index contributed by atoms with van der Waals surface area (Å²) in [6, 6.07) is -0.382. The molecule has 0 aliphatic rings. The van der Waals surface area contributed by atoms with Gasteiger partial charge in [0.2, 0.25) is 0 Å². The first-order valence-electron chi connectivity index (χ1n) is 4.79. The van der Waals surface area contributed by atoms with Crippen molar-refractivity contribution in [3.05, 3.63) is 0 Å². The lowest BCUT2D eigenvalue weighted by Gasteiger charge is -2.28. The van der Waals surface area contributed by atoms with Crippen molar-refractivity contribution < 1.29 is 14.3 Å². The average molecular weight is 201 g/mol. The summed E-state index contributed by atoms with van der Waals surface area (Å²) >= 11 is 0. The Kier molecular flexibility index (Phi) is 5.20. The number of hydrogen-bond donors (Lipinski definition) is 0. The Morgan fingerprint density at radius 2 is 1.86 bits per heavy atom. The minimum atomic E-state index is -0.467. The third kappa shape index (κ3) is 3.01. The highest BCUT2D eigenvalue weighted by Crippen LogP contribution is 2.12. The molecule has 0 heterocycles. The van der Waals surface area contributed by atoms with E-state index in [0.717, 1.165) is 0 Å². The van der Waals surface area contributed by atoms with E-state index in [0.29, 0.717) is 6.42 Å². The van der Waals surface area contributed by atoms with Crippen molar-refractivity contribution in [1.29, 1.82) is 0 Å². The predicted octanol–water partition coefficient (Wildman–Crippen LogP) is 1.69. The quantitative estimate of drug-likeness (QED) is 0.695. The first kappa shape index (κ1) is 12.9. The van der Waals surface area contributed by atoms with Gasteiger partial charge in [0, 0.05) is 13.5 Å². The second kappa shape index (κ2) is 5.62. The maximum Gasteiger partial charge on any atom is 0.409 e. The topological polar surface area (TPSA) is 46.6 Å². The fourth-order valence-corrected chi connectivity index (χ4v) is 1.50. The molecule has 0 fully saturated rings. The van der Waals surface area contributed by atoms with E-state index in [4.69, 9.17) is 0 Å². The molecule has 0 unspecified atom stereocenters. The molecule has 82 valence electrons. The van der Waals surface area contributed by atoms with Crippen LogP contribution in [0.15, 0.2) is 0 Å². The van der Waals surface area contributed by atoms with Gasteiger partial charge in [-0.3, -0.25) is 4.79 Å². The van der Waals surface area contributed by atoms with Crippen molar-refractivity contribution in [2.24, 2.45) is 5.92 Å². The maximum atomic E-state index is 11.6. The Morgan fingerprint density at radius 1 is 1.36 bits per heavy atom. The van der Waals surface area contributed by atoms with Crippen molar-refractivity contribution >= 4 is 11.9 Å². The highest BCUT2D eigenvalue weighted by atomic mass is 16.5. The lowest BCUT2D eigenvalue weighted by Crippen LogP contribution is -2.45. The van der Waals surface area contributed by atoms with Crippen molar-refractivity contribution in [1.82, 2.24) is 4.90 Å². The molecule has 0 bridgehead atoms. The number of carbonyl (C=O) groups is 2. The van der Waals surface area contributed by atoms with Gasteiger partial charge in [-0.1, -0.05) is 20.8 Å². The fraction of sp³-hybridized carbons (Fsp3) is 0.800. The van der Waals surface area contributed by atoms with E-state index in [1.807, 2.05) is 13.8 Å². The van der Waals surface area contributed by atoms with Gasteiger partial charge in [-0.2, -0.15) is 0 Å². The number of methoxy groups -OCH3 is 1. The number of rotatable bonds is 4. The summed E-state index contributed by atoms with van der Waals surface area (Å²) in [6.07, 6.45) is -0.0324. The molecule has 1 atom stereocenters. The number of hydrogen-bond acceptors (Lipinski definition) is 3. The summed E-state index contributed by atoms with van der Waals surface area (Å²) in [6.45, 7) is 5.62. The lowest BCUT2D eigenvalue weighted by molar-refractivity contribution is -0.124. The fourth-order valence-electron chi connectivity index (χ4n) is 1.50. The third-order valence-corrected chi connectivity index (χ3v) is 2.19. The van der Waals surface area contributed by atoms with E-state index in [1.165, 1.54) is 12.0 Å². The molecule has 0 aliphatic carbocycles. The van der Waals surface area contributed by atoms with Crippen molar-refractivity contribution in [2.75, 3.05) is 14.2 Å². The van der Waals surface area contributed by atoms with E-state index in [2.05, 4.69) is 4.74 Å². The summed E-state index contributed by atoms with van der Waals surface area (Å²) in [5.41, 5.74) is 0. The van der Waals surface area contributed by atoms with Gasteiger partial charge < -0.3 is 9.64 Å². The molecule has 1 amide bonds. The smallest absolute Gasteiger partial charge is 0.409 e. The van der Waals surface area contributed by atoms with E-state index in [-0.39, 0.29) is 17.7 Å². The Labute approximate surface area is 85.2 Å². The van der Waals surface area contributed by atoms with Gasteiger partial charge in [0.1, 0.15) is 0 Å². The van der Waals surface area contributed by atoms with Crippen LogP contribution in [0.25, 0.3) is 0 Å². The normalized spacial score (nSPS) is 12.4. The number of Topliss-reactive ketones (excluding diaryl/α,β-unsaturated/α-hetero) is 1. The zero-order valence-electron chi connectivity index (χ0n) is 9.53. The number of ketones is 1. The van der Waals surface area contributed by atoms with E-state index in [1.54, 1.807) is 14.0 Å². The first-order chi connectivity index (χ1) is 6.45. The van der Waals surface area contributed by atoms with Gasteiger partial charge in [-0.05, 0) is 5.92 Å². The number of ether oxygens (including phenoxy) is 1. The predicted molar refractivity (Wildman–Crippen MR) is 54.1 cm³/mol. The number of likely N-dealkylation sites (N-methyl/N-ethyl adjacent to an activating group) is 1. The van der Waals surface area contributed by atoms with Gasteiger partial charge >= 0.3 is 6.09 Å². The van der Waals surface area contributed by atoms with Gasteiger partial charge in [0.15, 0.2) is 5.78 Å². The number of carbonyl (C=O) groups excluding carboxylic acids is 2. The molecule has 4 nitrogen and oxygen atoms in total. The standard InChI is InChI=1S/C10H19NO3/c1-6-8(12)9(7(2)3)11(4)10(13)14-5/h7,9H,6H2,1-5H3/t9-/m0/s1. The monoisotopic (exact) mass is 201 g/mol. The summed E-state index contributed by atoms with van der Waals surface area (Å²) in [5.74, 6) is 0.166. The van der Waals surface area contributed by atoms with Gasteiger partial charge in [-0.15, -0.1) is 0 Å². The van der Waals surface area contributed by atoms with Crippen LogP contribution in [-0.4, -0.2) is 37.0 Å². The van der Waals surface area contributed by atoms with E-state index in [9.17, 15) is 9.59 Å². The van der Waals surface area contributed by atoms with Crippen LogP contribution in [-0.2, 0) is 9.53 Å². The summed E-state index contributed by atoms with van der Waals surface area (Å²) < 4.78 is 4.57. The Morgan fingerprint density at radius 3 is 2.14 bits per heavy atom. The minimum Gasteiger partial charge on any atom is -0.453 e. The van der Waals surface area contributed by atoms with Crippen molar-refractivity contribution in [3.8, 4) is 0 Å². The van der Waals surface area contributed by atoms with Crippen LogP contribution < -0.4 is 0 Å². The highest BCUT2D eigenvalue weighted by Gasteiger charge is 2.28. The molecule has 0 aromatic heterocycles. The molecular formula is C10H19NO3. The van der Waals surface area contributed by atoms with Crippen LogP contribution in [0.4, 0.5) is 4.79 Å². The van der Waals surface area contributed by atoms with Crippen LogP contribution >= 0.6 is 0 Å². The van der Waals surface area contributed by atoms with Crippen LogP contribution in [0.2, 0.25) is 0 Å². The van der Waals surface area contributed by atoms with Crippen LogP contribution in [0.3, 0.4) is 0 Å². The molecule has 0 saturated heterocycles. The molecule has 0 aliphatic heterocycles. The second-order valence-electron chi connectivity index (χ2n) is 3.59. The molecule has 0 aromatic carbocycles. The molecule has 14 heavy (non-hydrogen) atoms. The van der Waals surface area contributed by atoms with Crippen molar-refractivity contribution in [2.45, 2.75) is 33.2 Å². The molecule has 0 rings (SSSR count). The summed E-state index contributed by atoms with van der Waals surface area (Å²) in [7, 11) is 2.90. The minimum absolute atomic E-state index is 0.0629. The third-order valence-electron chi connectivity index (χ3n) is 2.19. The van der Waals surface area contributed by atoms with Gasteiger partial charge in [0.05, 0.1) is 13.2 Å². The van der Waals surface area contributed by atoms with Gasteiger partial charge in [-0.25, -0.2) is 4.79 Å². The molecule has 0 N–H and O–H groups in total. The summed E-state index contributed by atoms with van der Waals surface area (Å²) in [5, 5.41) is 0. The molecule has 4 heteroatoms. The lowest BCUT2D eigenvalue weighted by atomic mass is 9.97. The Hall–Kier alpha value is -1.06. The van der Waals surface area contributed by atoms with E-state index >= 15 is 0 Å². The Balaban J connectivity index is 4.65. The zero-order chi connectivity index (χ0) is 11.3. The largest absolute Gasteiger partial charge is 0.453 e. The Bertz CT molecular complexity index is 213. The van der Waals surface area contributed by atoms with Gasteiger partial charge in [0.25, 0.3) is 0 Å². The highest BCUT2D eigenvalue weighted by molar-refractivity contribution is 5.87. The zero-order valence-corrected chi connectivity index (χ0v) is 9.53. The molecule has 0 spiro atoms. The molecular weight excluding hydrogens is 182 g/mol. The average Bonchev–Trinajstić information content (AvgIpc) is 2.15. The first-order valence-corrected chi connectivity index (χ1v) is 4.79. The maximum absolute atomic E-state index is 11.6. The molecule has 0 radical (unpaired) electrons. The SMILES string of the molecule is CCC(=O)[C@H](C(C)C)N(C)C(=O)OC. The molecule has 0 saturated carbocycles. The number of nitrogens with zero attached hydrogens (tertiary/aromatic N) is 1. The van der Waals surface area contributed by atoms with Crippen molar-refractivity contribution in [3.63, 3.8) is 0 Å². The van der Waals surface area contributed by atoms with Crippen LogP contribution in [0.1, 0.15) is 27.2 Å². The summed E-state index contributed by atoms with van der Waals surface area (Å²) in [4.78, 5) is 24.2. The van der Waals surface area contributed by atoms with Crippen LogP contribution in [0, 0.1) is 5.92 Å². The second-order valence-corrected chi connectivity index (χ2v) is 3.59. The van der Waals surface area contributed by atoms with Crippen LogP contribution in [0.5, 0.6) is 0 Å².